The number of esters is 1. The average molecular weight is 491 g/mol. The summed E-state index contributed by atoms with van der Waals surface area (Å²) in [6.45, 7) is 11.3. The number of allylic oxidation sites excluding steroid dienone is 2. The molecule has 2 aliphatic rings. The van der Waals surface area contributed by atoms with Gasteiger partial charge >= 0.3 is 5.97 Å². The number of carbonyl (C=O) groups is 1. The predicted molar refractivity (Wildman–Crippen MR) is 134 cm³/mol. The molecule has 7 heteroatoms. The summed E-state index contributed by atoms with van der Waals surface area (Å²) in [7, 11) is 1.64. The third-order valence-electron chi connectivity index (χ3n) is 6.67. The lowest BCUT2D eigenvalue weighted by Gasteiger charge is -2.46. The molecule has 3 rings (SSSR count). The standard InChI is InChI=1S/C28H42O7/c1-6-7-21-17-24(34-26(29)19-33-15-14-32-13-12-31-11-10-30-5)27-22-16-20(2)8-9-23(22)28(3,4)35-25(27)18-21/h16-18,22-23H,6-15,19H2,1-5H3. The minimum Gasteiger partial charge on any atom is -0.487 e. The van der Waals surface area contributed by atoms with Gasteiger partial charge in [-0.3, -0.25) is 0 Å². The van der Waals surface area contributed by atoms with Gasteiger partial charge in [0.1, 0.15) is 23.7 Å². The average Bonchev–Trinajstić information content (AvgIpc) is 2.79. The summed E-state index contributed by atoms with van der Waals surface area (Å²) in [6.07, 6.45) is 6.36. The molecule has 0 saturated carbocycles. The summed E-state index contributed by atoms with van der Waals surface area (Å²) in [6, 6.07) is 4.13. The van der Waals surface area contributed by atoms with Crippen molar-refractivity contribution in [3.8, 4) is 11.5 Å². The first-order valence-electron chi connectivity index (χ1n) is 12.8. The van der Waals surface area contributed by atoms with Crippen LogP contribution < -0.4 is 9.47 Å². The molecule has 7 nitrogen and oxygen atoms in total. The van der Waals surface area contributed by atoms with Crippen LogP contribution in [0.1, 0.15) is 64.0 Å². The fourth-order valence-corrected chi connectivity index (χ4v) is 4.97. The lowest BCUT2D eigenvalue weighted by Crippen LogP contribution is -2.45. The Morgan fingerprint density at radius 1 is 1.06 bits per heavy atom. The van der Waals surface area contributed by atoms with E-state index >= 15 is 0 Å². The van der Waals surface area contributed by atoms with Crippen LogP contribution >= 0.6 is 0 Å². The molecular weight excluding hydrogens is 448 g/mol. The number of rotatable bonds is 14. The molecule has 2 atom stereocenters. The summed E-state index contributed by atoms with van der Waals surface area (Å²) >= 11 is 0. The molecule has 1 heterocycles. The van der Waals surface area contributed by atoms with Crippen molar-refractivity contribution in [2.75, 3.05) is 53.4 Å². The van der Waals surface area contributed by atoms with Crippen LogP contribution in [0.3, 0.4) is 0 Å². The Kier molecular flexibility index (Phi) is 10.6. The molecule has 0 spiro atoms. The first kappa shape index (κ1) is 27.7. The van der Waals surface area contributed by atoms with Gasteiger partial charge in [0, 0.05) is 24.5 Å². The van der Waals surface area contributed by atoms with Crippen molar-refractivity contribution in [2.45, 2.75) is 64.9 Å². The van der Waals surface area contributed by atoms with Gasteiger partial charge in [0.15, 0.2) is 0 Å². The molecule has 0 saturated heterocycles. The Morgan fingerprint density at radius 2 is 1.74 bits per heavy atom. The zero-order chi connectivity index (χ0) is 25.3. The van der Waals surface area contributed by atoms with Crippen LogP contribution in [0.2, 0.25) is 0 Å². The molecule has 2 unspecified atom stereocenters. The molecule has 0 radical (unpaired) electrons. The summed E-state index contributed by atoms with van der Waals surface area (Å²) in [5.74, 6) is 1.52. The van der Waals surface area contributed by atoms with E-state index in [-0.39, 0.29) is 18.1 Å². The van der Waals surface area contributed by atoms with Crippen LogP contribution in [0.15, 0.2) is 23.8 Å². The molecule has 0 N–H and O–H groups in total. The fourth-order valence-electron chi connectivity index (χ4n) is 4.97. The smallest absolute Gasteiger partial charge is 0.337 e. The van der Waals surface area contributed by atoms with Gasteiger partial charge in [-0.25, -0.2) is 4.79 Å². The van der Waals surface area contributed by atoms with Gasteiger partial charge in [-0.1, -0.05) is 25.0 Å². The van der Waals surface area contributed by atoms with Gasteiger partial charge in [0.2, 0.25) is 0 Å². The first-order chi connectivity index (χ1) is 16.9. The van der Waals surface area contributed by atoms with Crippen molar-refractivity contribution in [1.82, 2.24) is 0 Å². The highest BCUT2D eigenvalue weighted by Gasteiger charge is 2.45. The van der Waals surface area contributed by atoms with Crippen molar-refractivity contribution in [3.63, 3.8) is 0 Å². The molecule has 0 amide bonds. The minimum absolute atomic E-state index is 0.129. The van der Waals surface area contributed by atoms with Crippen LogP contribution in [-0.2, 0) is 30.2 Å². The molecular formula is C28H42O7. The Hall–Kier alpha value is -1.93. The van der Waals surface area contributed by atoms with Crippen LogP contribution in [-0.4, -0.2) is 64.9 Å². The number of carbonyl (C=O) groups excluding carboxylic acids is 1. The maximum Gasteiger partial charge on any atom is 0.337 e. The van der Waals surface area contributed by atoms with E-state index < -0.39 is 5.97 Å². The second kappa shape index (κ2) is 13.4. The number of hydrogen-bond donors (Lipinski definition) is 0. The summed E-state index contributed by atoms with van der Waals surface area (Å²) in [5, 5.41) is 0. The van der Waals surface area contributed by atoms with E-state index in [2.05, 4.69) is 39.8 Å². The lowest BCUT2D eigenvalue weighted by molar-refractivity contribution is -0.140. The van der Waals surface area contributed by atoms with Crippen LogP contribution in [0, 0.1) is 5.92 Å². The fraction of sp³-hybridized carbons (Fsp3) is 0.679. The first-order valence-corrected chi connectivity index (χ1v) is 12.8. The second-order valence-electron chi connectivity index (χ2n) is 9.89. The maximum atomic E-state index is 12.7. The van der Waals surface area contributed by atoms with Crippen LogP contribution in [0.4, 0.5) is 0 Å². The number of methoxy groups -OCH3 is 1. The highest BCUT2D eigenvalue weighted by atomic mass is 16.6. The third-order valence-corrected chi connectivity index (χ3v) is 6.67. The number of fused-ring (bicyclic) bond motifs is 3. The van der Waals surface area contributed by atoms with Gasteiger partial charge in [-0.2, -0.15) is 0 Å². The third kappa shape index (κ3) is 7.78. The Labute approximate surface area is 210 Å². The van der Waals surface area contributed by atoms with Gasteiger partial charge in [-0.05, 0) is 57.7 Å². The monoisotopic (exact) mass is 490 g/mol. The molecule has 0 fully saturated rings. The predicted octanol–water partition coefficient (Wildman–Crippen LogP) is 4.85. The quantitative estimate of drug-likeness (QED) is 0.160. The number of aryl methyl sites for hydroxylation is 1. The summed E-state index contributed by atoms with van der Waals surface area (Å²) < 4.78 is 33.6. The zero-order valence-corrected chi connectivity index (χ0v) is 22.0. The molecule has 1 aromatic rings. The zero-order valence-electron chi connectivity index (χ0n) is 22.0. The van der Waals surface area contributed by atoms with E-state index in [1.165, 1.54) is 5.57 Å². The van der Waals surface area contributed by atoms with E-state index in [4.69, 9.17) is 28.4 Å². The van der Waals surface area contributed by atoms with Crippen molar-refractivity contribution >= 4 is 5.97 Å². The van der Waals surface area contributed by atoms with E-state index in [0.717, 1.165) is 42.6 Å². The van der Waals surface area contributed by atoms with Crippen molar-refractivity contribution in [3.05, 3.63) is 34.9 Å². The topological polar surface area (TPSA) is 72.5 Å². The van der Waals surface area contributed by atoms with Gasteiger partial charge in [0.25, 0.3) is 0 Å². The largest absolute Gasteiger partial charge is 0.487 e. The van der Waals surface area contributed by atoms with Crippen LogP contribution in [0.5, 0.6) is 11.5 Å². The van der Waals surface area contributed by atoms with Crippen molar-refractivity contribution < 1.29 is 33.2 Å². The van der Waals surface area contributed by atoms with Crippen LogP contribution in [0.25, 0.3) is 0 Å². The number of benzene rings is 1. The normalized spacial score (nSPS) is 20.4. The van der Waals surface area contributed by atoms with E-state index in [1.54, 1.807) is 7.11 Å². The van der Waals surface area contributed by atoms with E-state index in [1.807, 2.05) is 6.07 Å². The maximum absolute atomic E-state index is 12.7. The number of hydrogen-bond acceptors (Lipinski definition) is 7. The minimum atomic E-state index is -0.415. The van der Waals surface area contributed by atoms with Gasteiger partial charge in [-0.15, -0.1) is 0 Å². The Morgan fingerprint density at radius 3 is 2.43 bits per heavy atom. The summed E-state index contributed by atoms with van der Waals surface area (Å²) in [4.78, 5) is 12.7. The molecule has 0 bridgehead atoms. The van der Waals surface area contributed by atoms with Crippen molar-refractivity contribution in [1.29, 1.82) is 0 Å². The Balaban J connectivity index is 1.60. The SMILES string of the molecule is CCCc1cc(OC(=O)COCCOCCOCCOC)c2c(c1)OC(C)(C)C1CCC(C)=CC21. The number of ether oxygens (including phenoxy) is 6. The van der Waals surface area contributed by atoms with Gasteiger partial charge in [0.05, 0.1) is 39.6 Å². The molecule has 1 aliphatic carbocycles. The van der Waals surface area contributed by atoms with Crippen molar-refractivity contribution in [2.24, 2.45) is 5.92 Å². The van der Waals surface area contributed by atoms with Gasteiger partial charge < -0.3 is 28.4 Å². The molecule has 1 aliphatic heterocycles. The van der Waals surface area contributed by atoms with E-state index in [0.29, 0.717) is 51.3 Å². The highest BCUT2D eigenvalue weighted by molar-refractivity contribution is 5.75. The highest BCUT2D eigenvalue weighted by Crippen LogP contribution is 2.53. The summed E-state index contributed by atoms with van der Waals surface area (Å²) in [5.41, 5.74) is 3.19. The Bertz CT molecular complexity index is 861. The van der Waals surface area contributed by atoms with E-state index in [9.17, 15) is 4.79 Å². The molecule has 1 aromatic carbocycles. The lowest BCUT2D eigenvalue weighted by atomic mass is 9.68. The second-order valence-corrected chi connectivity index (χ2v) is 9.89. The molecule has 196 valence electrons. The molecule has 35 heavy (non-hydrogen) atoms. The molecule has 0 aromatic heterocycles.